The summed E-state index contributed by atoms with van der Waals surface area (Å²) >= 11 is 12.0. The van der Waals surface area contributed by atoms with Gasteiger partial charge in [-0.25, -0.2) is 0 Å². The van der Waals surface area contributed by atoms with E-state index in [-0.39, 0.29) is 24.4 Å². The number of nitrogens with one attached hydrogen (secondary N) is 2. The normalized spacial score (nSPS) is 11.6. The lowest BCUT2D eigenvalue weighted by molar-refractivity contribution is -0.121. The van der Waals surface area contributed by atoms with Crippen LogP contribution in [0, 0.1) is 0 Å². The molecule has 6 heteroatoms. The predicted molar refractivity (Wildman–Crippen MR) is 83.4 cm³/mol. The van der Waals surface area contributed by atoms with Crippen LogP contribution < -0.4 is 10.6 Å². The fourth-order valence-corrected chi connectivity index (χ4v) is 2.14. The van der Waals surface area contributed by atoms with E-state index in [0.717, 1.165) is 18.5 Å². The first-order valence-corrected chi connectivity index (χ1v) is 6.69. The van der Waals surface area contributed by atoms with Crippen molar-refractivity contribution in [2.24, 2.45) is 0 Å². The molecule has 1 rings (SSSR count). The van der Waals surface area contributed by atoms with Gasteiger partial charge in [-0.15, -0.1) is 12.4 Å². The van der Waals surface area contributed by atoms with Gasteiger partial charge in [-0.2, -0.15) is 0 Å². The Bertz CT molecular complexity index is 413. The SMILES string of the molecule is CNCCCC(=O)NC(C)c1cccc(Cl)c1Cl.Cl. The van der Waals surface area contributed by atoms with Crippen LogP contribution in [0.3, 0.4) is 0 Å². The first kappa shape index (κ1) is 18.5. The molecule has 0 radical (unpaired) electrons. The molecular weight excluding hydrogens is 307 g/mol. The van der Waals surface area contributed by atoms with Crippen molar-refractivity contribution in [3.05, 3.63) is 33.8 Å². The third-order valence-corrected chi connectivity index (χ3v) is 3.49. The standard InChI is InChI=1S/C13H18Cl2N2O.ClH/c1-9(17-12(18)7-4-8-16-2)10-5-3-6-11(14)13(10)15;/h3,5-6,9,16H,4,7-8H2,1-2H3,(H,17,18);1H. The molecular formula is C13H19Cl3N2O. The first-order valence-electron chi connectivity index (χ1n) is 5.94. The van der Waals surface area contributed by atoms with Gasteiger partial charge in [0.25, 0.3) is 0 Å². The summed E-state index contributed by atoms with van der Waals surface area (Å²) in [4.78, 5) is 11.7. The van der Waals surface area contributed by atoms with Crippen molar-refractivity contribution in [1.82, 2.24) is 10.6 Å². The van der Waals surface area contributed by atoms with Crippen molar-refractivity contribution < 1.29 is 4.79 Å². The van der Waals surface area contributed by atoms with E-state index >= 15 is 0 Å². The Morgan fingerprint density at radius 2 is 2.05 bits per heavy atom. The van der Waals surface area contributed by atoms with Gasteiger partial charge in [-0.1, -0.05) is 35.3 Å². The summed E-state index contributed by atoms with van der Waals surface area (Å²) in [5.41, 5.74) is 0.839. The van der Waals surface area contributed by atoms with Crippen LogP contribution in [0.1, 0.15) is 31.4 Å². The molecule has 0 aromatic heterocycles. The second kappa shape index (κ2) is 9.43. The van der Waals surface area contributed by atoms with Crippen molar-refractivity contribution in [3.63, 3.8) is 0 Å². The summed E-state index contributed by atoms with van der Waals surface area (Å²) in [5.74, 6) is 0.0220. The van der Waals surface area contributed by atoms with E-state index in [4.69, 9.17) is 23.2 Å². The van der Waals surface area contributed by atoms with E-state index in [1.165, 1.54) is 0 Å². The topological polar surface area (TPSA) is 41.1 Å². The highest BCUT2D eigenvalue weighted by atomic mass is 35.5. The molecule has 0 aliphatic rings. The zero-order valence-corrected chi connectivity index (χ0v) is 13.3. The van der Waals surface area contributed by atoms with Crippen LogP contribution in [-0.4, -0.2) is 19.5 Å². The minimum atomic E-state index is -0.140. The van der Waals surface area contributed by atoms with Gasteiger partial charge in [0, 0.05) is 6.42 Å². The molecule has 0 spiro atoms. The van der Waals surface area contributed by atoms with Crippen molar-refractivity contribution >= 4 is 41.5 Å². The van der Waals surface area contributed by atoms with Gasteiger partial charge in [0.1, 0.15) is 0 Å². The number of hydrogen-bond donors (Lipinski definition) is 2. The van der Waals surface area contributed by atoms with Gasteiger partial charge >= 0.3 is 0 Å². The van der Waals surface area contributed by atoms with Gasteiger partial charge in [0.15, 0.2) is 0 Å². The molecule has 108 valence electrons. The number of hydrogen-bond acceptors (Lipinski definition) is 2. The molecule has 1 amide bonds. The number of amides is 1. The van der Waals surface area contributed by atoms with E-state index in [1.807, 2.05) is 26.1 Å². The minimum Gasteiger partial charge on any atom is -0.350 e. The maximum Gasteiger partial charge on any atom is 0.220 e. The molecule has 0 bridgehead atoms. The Morgan fingerprint density at radius 1 is 1.37 bits per heavy atom. The Labute approximate surface area is 130 Å². The van der Waals surface area contributed by atoms with Crippen LogP contribution in [0.2, 0.25) is 10.0 Å². The quantitative estimate of drug-likeness (QED) is 0.785. The first-order chi connectivity index (χ1) is 8.56. The fraction of sp³-hybridized carbons (Fsp3) is 0.462. The lowest BCUT2D eigenvalue weighted by Crippen LogP contribution is -2.27. The average molecular weight is 326 g/mol. The van der Waals surface area contributed by atoms with Crippen molar-refractivity contribution in [2.75, 3.05) is 13.6 Å². The summed E-state index contributed by atoms with van der Waals surface area (Å²) in [6.07, 6.45) is 1.32. The van der Waals surface area contributed by atoms with E-state index < -0.39 is 0 Å². The summed E-state index contributed by atoms with van der Waals surface area (Å²) in [5, 5.41) is 6.93. The van der Waals surface area contributed by atoms with Crippen LogP contribution in [-0.2, 0) is 4.79 Å². The van der Waals surface area contributed by atoms with Crippen molar-refractivity contribution in [3.8, 4) is 0 Å². The molecule has 1 atom stereocenters. The molecule has 1 aromatic rings. The van der Waals surface area contributed by atoms with Crippen LogP contribution in [0.5, 0.6) is 0 Å². The molecule has 1 unspecified atom stereocenters. The molecule has 0 fully saturated rings. The van der Waals surface area contributed by atoms with Gasteiger partial charge in [-0.3, -0.25) is 4.79 Å². The summed E-state index contributed by atoms with van der Waals surface area (Å²) < 4.78 is 0. The molecule has 0 aliphatic heterocycles. The zero-order valence-electron chi connectivity index (χ0n) is 11.0. The van der Waals surface area contributed by atoms with Crippen LogP contribution in [0.25, 0.3) is 0 Å². The minimum absolute atomic E-state index is 0. The molecule has 0 saturated heterocycles. The van der Waals surface area contributed by atoms with E-state index in [1.54, 1.807) is 6.07 Å². The molecule has 2 N–H and O–H groups in total. The third-order valence-electron chi connectivity index (χ3n) is 2.66. The van der Waals surface area contributed by atoms with Crippen molar-refractivity contribution in [1.29, 1.82) is 0 Å². The molecule has 19 heavy (non-hydrogen) atoms. The lowest BCUT2D eigenvalue weighted by Gasteiger charge is -2.16. The summed E-state index contributed by atoms with van der Waals surface area (Å²) in [7, 11) is 1.87. The fourth-order valence-electron chi connectivity index (χ4n) is 1.67. The van der Waals surface area contributed by atoms with Crippen LogP contribution >= 0.6 is 35.6 Å². The lowest BCUT2D eigenvalue weighted by atomic mass is 10.1. The maximum atomic E-state index is 11.7. The van der Waals surface area contributed by atoms with Crippen LogP contribution in [0.15, 0.2) is 18.2 Å². The van der Waals surface area contributed by atoms with Gasteiger partial charge in [-0.05, 0) is 38.6 Å². The predicted octanol–water partition coefficient (Wildman–Crippen LogP) is 3.59. The number of rotatable bonds is 6. The number of carbonyl (C=O) groups is 1. The highest BCUT2D eigenvalue weighted by molar-refractivity contribution is 6.42. The molecule has 0 aliphatic carbocycles. The zero-order chi connectivity index (χ0) is 13.5. The Morgan fingerprint density at radius 3 is 2.68 bits per heavy atom. The van der Waals surface area contributed by atoms with E-state index in [0.29, 0.717) is 16.5 Å². The van der Waals surface area contributed by atoms with Gasteiger partial charge in [0.2, 0.25) is 5.91 Å². The maximum absolute atomic E-state index is 11.7. The highest BCUT2D eigenvalue weighted by Gasteiger charge is 2.13. The van der Waals surface area contributed by atoms with E-state index in [9.17, 15) is 4.79 Å². The second-order valence-corrected chi connectivity index (χ2v) is 4.92. The smallest absolute Gasteiger partial charge is 0.220 e. The Hall–Kier alpha value is -0.480. The summed E-state index contributed by atoms with van der Waals surface area (Å²) in [6.45, 7) is 2.73. The third kappa shape index (κ3) is 6.00. The highest BCUT2D eigenvalue weighted by Crippen LogP contribution is 2.29. The second-order valence-electron chi connectivity index (χ2n) is 4.14. The Kier molecular flexibility index (Phi) is 9.19. The van der Waals surface area contributed by atoms with E-state index in [2.05, 4.69) is 10.6 Å². The van der Waals surface area contributed by atoms with Crippen LogP contribution in [0.4, 0.5) is 0 Å². The monoisotopic (exact) mass is 324 g/mol. The van der Waals surface area contributed by atoms with Gasteiger partial charge < -0.3 is 10.6 Å². The summed E-state index contributed by atoms with van der Waals surface area (Å²) in [6, 6.07) is 5.28. The molecule has 0 heterocycles. The van der Waals surface area contributed by atoms with Crippen molar-refractivity contribution in [2.45, 2.75) is 25.8 Å². The Balaban J connectivity index is 0.00000324. The molecule has 0 saturated carbocycles. The molecule has 3 nitrogen and oxygen atoms in total. The molecule has 1 aromatic carbocycles. The largest absolute Gasteiger partial charge is 0.350 e. The number of carbonyl (C=O) groups excluding carboxylic acids is 1. The number of benzene rings is 1. The van der Waals surface area contributed by atoms with Gasteiger partial charge in [0.05, 0.1) is 16.1 Å². The average Bonchev–Trinajstić information content (AvgIpc) is 2.32. The number of halogens is 3.